The standard InChI is InChI=1S/C98H66N6/c1-97(2)82-31-14-8-25-69(82)71-46-41-67(57-84(71)97)101-89-35-18-12-29-75(89)79-52-60(39-49-91(79)101)62-37-44-77-73-27-10-16-33-87(73)103(93(77)54-62)65-24-20-23-64(51-65)96-99-86-48-43-66(56-81(86)95(100-96)59-21-6-5-7-22-59)104-88-34-17-11-28-74(88)78-45-38-63(55-94(78)104)61-40-50-92-80(53-61)76-30-13-19-36-90(76)102(92)68-42-47-72-70-26-9-15-32-83(70)98(3,4)85(72)58-68/h5-58H,1-4H3. The molecule has 0 spiro atoms. The van der Waals surface area contributed by atoms with Crippen LogP contribution in [0.5, 0.6) is 0 Å². The van der Waals surface area contributed by atoms with Gasteiger partial charge in [-0.15, -0.1) is 0 Å². The molecule has 6 nitrogen and oxygen atoms in total. The van der Waals surface area contributed by atoms with Crippen LogP contribution in [0.25, 0.3) is 188 Å². The van der Waals surface area contributed by atoms with Crippen LogP contribution in [0.2, 0.25) is 0 Å². The van der Waals surface area contributed by atoms with Crippen molar-refractivity contribution in [3.8, 4) is 89.9 Å². The highest BCUT2D eigenvalue weighted by molar-refractivity contribution is 6.15. The van der Waals surface area contributed by atoms with Crippen molar-refractivity contribution >= 4 is 98.1 Å². The summed E-state index contributed by atoms with van der Waals surface area (Å²) >= 11 is 0. The normalized spacial score (nSPS) is 13.5. The average molecular weight is 1330 g/mol. The minimum atomic E-state index is -0.106. The molecule has 0 N–H and O–H groups in total. The van der Waals surface area contributed by atoms with Crippen LogP contribution in [0.15, 0.2) is 328 Å². The van der Waals surface area contributed by atoms with E-state index in [1.807, 2.05) is 0 Å². The van der Waals surface area contributed by atoms with Crippen LogP contribution in [0.4, 0.5) is 0 Å². The van der Waals surface area contributed by atoms with Crippen molar-refractivity contribution < 1.29 is 0 Å². The number of benzene rings is 15. The maximum Gasteiger partial charge on any atom is 0.160 e. The minimum absolute atomic E-state index is 0.105. The van der Waals surface area contributed by atoms with Gasteiger partial charge in [0.15, 0.2) is 5.82 Å². The fourth-order valence-corrected chi connectivity index (χ4v) is 18.4. The quantitative estimate of drug-likeness (QED) is 0.152. The summed E-state index contributed by atoms with van der Waals surface area (Å²) in [4.78, 5) is 11.1. The molecule has 15 aromatic carbocycles. The van der Waals surface area contributed by atoms with Crippen molar-refractivity contribution in [1.29, 1.82) is 0 Å². The molecule has 0 saturated heterocycles. The highest BCUT2D eigenvalue weighted by atomic mass is 15.0. The molecule has 2 aliphatic carbocycles. The number of fused-ring (bicyclic) bond motifs is 19. The molecule has 6 heteroatoms. The Balaban J connectivity index is 0.638. The van der Waals surface area contributed by atoms with E-state index in [4.69, 9.17) is 9.97 Å². The van der Waals surface area contributed by atoms with Crippen LogP contribution in [0, 0.1) is 0 Å². The topological polar surface area (TPSA) is 45.5 Å². The molecule has 488 valence electrons. The number of para-hydroxylation sites is 4. The molecule has 20 aromatic rings. The minimum Gasteiger partial charge on any atom is -0.309 e. The predicted molar refractivity (Wildman–Crippen MR) is 434 cm³/mol. The summed E-state index contributed by atoms with van der Waals surface area (Å²) in [6, 6.07) is 121. The van der Waals surface area contributed by atoms with E-state index >= 15 is 0 Å². The second kappa shape index (κ2) is 21.7. The largest absolute Gasteiger partial charge is 0.309 e. The Kier molecular flexibility index (Phi) is 12.2. The third kappa shape index (κ3) is 8.39. The molecular formula is C98H66N6. The molecule has 0 amide bonds. The predicted octanol–water partition coefficient (Wildman–Crippen LogP) is 25.3. The number of hydrogen-bond donors (Lipinski definition) is 0. The Morgan fingerprint density at radius 2 is 0.587 bits per heavy atom. The van der Waals surface area contributed by atoms with Gasteiger partial charge in [-0.2, -0.15) is 0 Å². The zero-order chi connectivity index (χ0) is 68.8. The zero-order valence-electron chi connectivity index (χ0n) is 57.9. The van der Waals surface area contributed by atoms with Gasteiger partial charge in [0.25, 0.3) is 0 Å². The smallest absolute Gasteiger partial charge is 0.160 e. The summed E-state index contributed by atoms with van der Waals surface area (Å²) in [5.41, 5.74) is 32.7. The number of aromatic nitrogens is 6. The fourth-order valence-electron chi connectivity index (χ4n) is 18.4. The van der Waals surface area contributed by atoms with Gasteiger partial charge in [-0.05, 0) is 182 Å². The first-order chi connectivity index (χ1) is 51.1. The molecule has 0 radical (unpaired) electrons. The molecule has 0 unspecified atom stereocenters. The van der Waals surface area contributed by atoms with E-state index in [0.717, 1.165) is 72.3 Å². The Morgan fingerprint density at radius 3 is 1.11 bits per heavy atom. The number of nitrogens with zero attached hydrogens (tertiary/aromatic N) is 6. The highest BCUT2D eigenvalue weighted by Gasteiger charge is 2.37. The van der Waals surface area contributed by atoms with Crippen molar-refractivity contribution in [2.45, 2.75) is 38.5 Å². The van der Waals surface area contributed by atoms with Gasteiger partial charge in [-0.3, -0.25) is 0 Å². The van der Waals surface area contributed by atoms with Crippen LogP contribution in [0.1, 0.15) is 49.9 Å². The van der Waals surface area contributed by atoms with E-state index in [1.54, 1.807) is 0 Å². The van der Waals surface area contributed by atoms with E-state index in [9.17, 15) is 0 Å². The van der Waals surface area contributed by atoms with Gasteiger partial charge in [0.05, 0.1) is 55.3 Å². The Labute approximate surface area is 600 Å². The molecule has 5 aromatic heterocycles. The van der Waals surface area contributed by atoms with Crippen LogP contribution in [-0.4, -0.2) is 28.2 Å². The van der Waals surface area contributed by atoms with Crippen LogP contribution < -0.4 is 0 Å². The van der Waals surface area contributed by atoms with Crippen molar-refractivity contribution in [2.75, 3.05) is 0 Å². The van der Waals surface area contributed by atoms with Crippen molar-refractivity contribution in [3.63, 3.8) is 0 Å². The average Bonchev–Trinajstić information content (AvgIpc) is 1.57. The zero-order valence-corrected chi connectivity index (χ0v) is 57.9. The lowest BCUT2D eigenvalue weighted by atomic mass is 9.82. The lowest BCUT2D eigenvalue weighted by molar-refractivity contribution is 0.660. The summed E-state index contributed by atoms with van der Waals surface area (Å²) in [5.74, 6) is 0.664. The van der Waals surface area contributed by atoms with Gasteiger partial charge in [0, 0.05) is 93.2 Å². The first kappa shape index (κ1) is 58.6. The summed E-state index contributed by atoms with van der Waals surface area (Å²) in [6.07, 6.45) is 0. The molecule has 2 aliphatic rings. The molecule has 0 fully saturated rings. The van der Waals surface area contributed by atoms with E-state index in [2.05, 4.69) is 374 Å². The highest BCUT2D eigenvalue weighted by Crippen LogP contribution is 2.52. The Hall–Kier alpha value is -13.2. The second-order valence-electron chi connectivity index (χ2n) is 29.7. The van der Waals surface area contributed by atoms with Crippen LogP contribution >= 0.6 is 0 Å². The van der Waals surface area contributed by atoms with Crippen molar-refractivity contribution in [2.24, 2.45) is 0 Å². The number of rotatable bonds is 8. The van der Waals surface area contributed by atoms with Gasteiger partial charge in [0.2, 0.25) is 0 Å². The molecular weight excluding hydrogens is 1260 g/mol. The third-order valence-corrected chi connectivity index (χ3v) is 23.4. The van der Waals surface area contributed by atoms with Gasteiger partial charge in [0.1, 0.15) is 0 Å². The monoisotopic (exact) mass is 1330 g/mol. The maximum atomic E-state index is 5.61. The summed E-state index contributed by atoms with van der Waals surface area (Å²) in [5, 5.41) is 10.7. The lowest BCUT2D eigenvalue weighted by Gasteiger charge is -2.22. The summed E-state index contributed by atoms with van der Waals surface area (Å²) in [7, 11) is 0. The second-order valence-corrected chi connectivity index (χ2v) is 29.7. The first-order valence-corrected chi connectivity index (χ1v) is 36.2. The van der Waals surface area contributed by atoms with Crippen LogP contribution in [0.3, 0.4) is 0 Å². The molecule has 5 heterocycles. The SMILES string of the molecule is CC1(C)c2ccccc2-c2ccc(-n3c4ccccc4c4cc(-c5ccc6c7ccccc7n(-c7cccc(-c8nc(-c9ccccc9)c9cc(-n%10c%11ccccc%11c%11ccc(-c%12ccc%13c(c%12)c%12ccccc%12n%13-c%12ccc%13c(c%12)C(C)(C)c%12ccccc%12-%13)cc%11%10)ccc9n8)c7)c6c5)ccc43)cc21. The van der Waals surface area contributed by atoms with Crippen molar-refractivity contribution in [1.82, 2.24) is 28.2 Å². The Morgan fingerprint density at radius 1 is 0.212 bits per heavy atom. The van der Waals surface area contributed by atoms with E-state index in [0.29, 0.717) is 5.82 Å². The molecule has 0 atom stereocenters. The first-order valence-electron chi connectivity index (χ1n) is 36.2. The van der Waals surface area contributed by atoms with Crippen LogP contribution in [-0.2, 0) is 10.8 Å². The molecule has 22 rings (SSSR count). The molecule has 0 bridgehead atoms. The number of hydrogen-bond acceptors (Lipinski definition) is 2. The summed E-state index contributed by atoms with van der Waals surface area (Å²) < 4.78 is 9.77. The van der Waals surface area contributed by atoms with Gasteiger partial charge in [-0.1, -0.05) is 240 Å². The van der Waals surface area contributed by atoms with Gasteiger partial charge < -0.3 is 18.3 Å². The fraction of sp³-hybridized carbons (Fsp3) is 0.0612. The van der Waals surface area contributed by atoms with Gasteiger partial charge in [-0.25, -0.2) is 9.97 Å². The van der Waals surface area contributed by atoms with E-state index in [-0.39, 0.29) is 10.8 Å². The van der Waals surface area contributed by atoms with E-state index < -0.39 is 0 Å². The molecule has 0 saturated carbocycles. The third-order valence-electron chi connectivity index (χ3n) is 23.4. The van der Waals surface area contributed by atoms with Crippen molar-refractivity contribution in [3.05, 3.63) is 350 Å². The Bertz CT molecular complexity index is 7110. The molecule has 0 aliphatic heterocycles. The van der Waals surface area contributed by atoms with E-state index in [1.165, 1.54) is 132 Å². The van der Waals surface area contributed by atoms with Gasteiger partial charge >= 0.3 is 0 Å². The lowest BCUT2D eigenvalue weighted by Crippen LogP contribution is -2.15. The molecule has 104 heavy (non-hydrogen) atoms. The summed E-state index contributed by atoms with van der Waals surface area (Å²) in [6.45, 7) is 9.45. The maximum absolute atomic E-state index is 5.61.